The molecule has 0 aromatic carbocycles. The fourth-order valence-electron chi connectivity index (χ4n) is 2.40. The molecule has 1 aliphatic rings. The van der Waals surface area contributed by atoms with E-state index in [1.807, 2.05) is 0 Å². The van der Waals surface area contributed by atoms with Gasteiger partial charge in [0.1, 0.15) is 0 Å². The highest BCUT2D eigenvalue weighted by molar-refractivity contribution is 4.81. The summed E-state index contributed by atoms with van der Waals surface area (Å²) in [5.41, 5.74) is 0.426. The lowest BCUT2D eigenvalue weighted by atomic mass is 9.82. The Hall–Kier alpha value is -0.0400. The molecule has 0 spiro atoms. The lowest BCUT2D eigenvalue weighted by Gasteiger charge is -2.34. The molecule has 2 unspecified atom stereocenters. The zero-order chi connectivity index (χ0) is 10.6. The quantitative estimate of drug-likeness (QED) is 0.729. The molecule has 1 rings (SSSR count). The first-order valence-electron chi connectivity index (χ1n) is 6.26. The van der Waals surface area contributed by atoms with Crippen molar-refractivity contribution in [3.63, 3.8) is 0 Å². The monoisotopic (exact) mass is 197 g/mol. The molecule has 1 nitrogen and oxygen atoms in total. The SMILES string of the molecule is CCC1CCCCC1NCC(C)(C)C. The van der Waals surface area contributed by atoms with Crippen molar-refractivity contribution in [1.82, 2.24) is 5.32 Å². The van der Waals surface area contributed by atoms with Crippen LogP contribution in [0.4, 0.5) is 0 Å². The van der Waals surface area contributed by atoms with Crippen molar-refractivity contribution in [2.75, 3.05) is 6.54 Å². The molecule has 1 saturated carbocycles. The van der Waals surface area contributed by atoms with Crippen molar-refractivity contribution < 1.29 is 0 Å². The Labute approximate surface area is 89.7 Å². The number of hydrogen-bond donors (Lipinski definition) is 1. The van der Waals surface area contributed by atoms with E-state index in [9.17, 15) is 0 Å². The Balaban J connectivity index is 2.33. The minimum Gasteiger partial charge on any atom is -0.313 e. The van der Waals surface area contributed by atoms with Crippen molar-refractivity contribution in [3.05, 3.63) is 0 Å². The zero-order valence-electron chi connectivity index (χ0n) is 10.4. The average molecular weight is 197 g/mol. The number of rotatable bonds is 3. The van der Waals surface area contributed by atoms with Crippen LogP contribution in [-0.4, -0.2) is 12.6 Å². The van der Waals surface area contributed by atoms with E-state index in [1.165, 1.54) is 32.1 Å². The second-order valence-corrected chi connectivity index (χ2v) is 6.00. The molecule has 0 radical (unpaired) electrons. The highest BCUT2D eigenvalue weighted by atomic mass is 14.9. The van der Waals surface area contributed by atoms with Gasteiger partial charge in [-0.15, -0.1) is 0 Å². The van der Waals surface area contributed by atoms with Crippen LogP contribution < -0.4 is 5.32 Å². The van der Waals surface area contributed by atoms with Crippen LogP contribution in [-0.2, 0) is 0 Å². The minimum atomic E-state index is 0.426. The van der Waals surface area contributed by atoms with E-state index in [1.54, 1.807) is 0 Å². The van der Waals surface area contributed by atoms with Crippen LogP contribution in [0.1, 0.15) is 59.8 Å². The highest BCUT2D eigenvalue weighted by Gasteiger charge is 2.24. The van der Waals surface area contributed by atoms with Crippen molar-refractivity contribution in [2.24, 2.45) is 11.3 Å². The van der Waals surface area contributed by atoms with Gasteiger partial charge in [0, 0.05) is 12.6 Å². The van der Waals surface area contributed by atoms with Crippen LogP contribution in [0.15, 0.2) is 0 Å². The topological polar surface area (TPSA) is 12.0 Å². The maximum atomic E-state index is 3.76. The molecular formula is C13H27N. The van der Waals surface area contributed by atoms with Crippen LogP contribution in [0, 0.1) is 11.3 Å². The molecule has 0 aromatic heterocycles. The largest absolute Gasteiger partial charge is 0.313 e. The first-order chi connectivity index (χ1) is 6.53. The number of hydrogen-bond acceptors (Lipinski definition) is 1. The van der Waals surface area contributed by atoms with Crippen LogP contribution in [0.3, 0.4) is 0 Å². The van der Waals surface area contributed by atoms with E-state index in [0.717, 1.165) is 18.5 Å². The third-order valence-electron chi connectivity index (χ3n) is 3.33. The predicted molar refractivity (Wildman–Crippen MR) is 63.5 cm³/mol. The van der Waals surface area contributed by atoms with E-state index in [-0.39, 0.29) is 0 Å². The fourth-order valence-corrected chi connectivity index (χ4v) is 2.40. The maximum absolute atomic E-state index is 3.76. The summed E-state index contributed by atoms with van der Waals surface area (Å²) in [5.74, 6) is 0.936. The Morgan fingerprint density at radius 3 is 2.36 bits per heavy atom. The Morgan fingerprint density at radius 2 is 1.79 bits per heavy atom. The zero-order valence-corrected chi connectivity index (χ0v) is 10.4. The molecule has 0 amide bonds. The third kappa shape index (κ3) is 4.00. The van der Waals surface area contributed by atoms with Gasteiger partial charge < -0.3 is 5.32 Å². The van der Waals surface area contributed by atoms with Crippen molar-refractivity contribution in [3.8, 4) is 0 Å². The van der Waals surface area contributed by atoms with E-state index >= 15 is 0 Å². The first-order valence-corrected chi connectivity index (χ1v) is 6.26. The van der Waals surface area contributed by atoms with Gasteiger partial charge in [-0.1, -0.05) is 47.0 Å². The Kier molecular flexibility index (Phi) is 4.43. The molecule has 2 atom stereocenters. The summed E-state index contributed by atoms with van der Waals surface area (Å²) >= 11 is 0. The Morgan fingerprint density at radius 1 is 1.14 bits per heavy atom. The van der Waals surface area contributed by atoms with Gasteiger partial charge in [-0.05, 0) is 24.2 Å². The normalized spacial score (nSPS) is 29.1. The summed E-state index contributed by atoms with van der Waals surface area (Å²) in [5, 5.41) is 3.76. The summed E-state index contributed by atoms with van der Waals surface area (Å²) in [7, 11) is 0. The maximum Gasteiger partial charge on any atom is 0.00954 e. The van der Waals surface area contributed by atoms with E-state index in [4.69, 9.17) is 0 Å². The Bertz CT molecular complexity index is 157. The van der Waals surface area contributed by atoms with Gasteiger partial charge in [0.2, 0.25) is 0 Å². The first kappa shape index (κ1) is 12.0. The molecule has 84 valence electrons. The van der Waals surface area contributed by atoms with Gasteiger partial charge in [0.05, 0.1) is 0 Å². The molecule has 0 heterocycles. The molecule has 1 fully saturated rings. The standard InChI is InChI=1S/C13H27N/c1-5-11-8-6-7-9-12(11)14-10-13(2,3)4/h11-12,14H,5-10H2,1-4H3. The van der Waals surface area contributed by atoms with Crippen molar-refractivity contribution in [1.29, 1.82) is 0 Å². The predicted octanol–water partition coefficient (Wildman–Crippen LogP) is 3.59. The molecule has 14 heavy (non-hydrogen) atoms. The van der Waals surface area contributed by atoms with Gasteiger partial charge in [-0.2, -0.15) is 0 Å². The highest BCUT2D eigenvalue weighted by Crippen LogP contribution is 2.27. The van der Waals surface area contributed by atoms with Crippen LogP contribution in [0.5, 0.6) is 0 Å². The van der Waals surface area contributed by atoms with Gasteiger partial charge in [0.15, 0.2) is 0 Å². The summed E-state index contributed by atoms with van der Waals surface area (Å²) in [6, 6.07) is 0.799. The molecule has 1 N–H and O–H groups in total. The van der Waals surface area contributed by atoms with Crippen LogP contribution in [0.2, 0.25) is 0 Å². The van der Waals surface area contributed by atoms with E-state index < -0.39 is 0 Å². The molecule has 0 saturated heterocycles. The molecule has 0 bridgehead atoms. The average Bonchev–Trinajstić information content (AvgIpc) is 2.14. The molecule has 0 aliphatic heterocycles. The summed E-state index contributed by atoms with van der Waals surface area (Å²) in [6.45, 7) is 10.4. The van der Waals surface area contributed by atoms with Gasteiger partial charge in [-0.25, -0.2) is 0 Å². The second-order valence-electron chi connectivity index (χ2n) is 6.00. The lowest BCUT2D eigenvalue weighted by Crippen LogP contribution is -2.42. The van der Waals surface area contributed by atoms with Crippen LogP contribution in [0.25, 0.3) is 0 Å². The third-order valence-corrected chi connectivity index (χ3v) is 3.33. The summed E-state index contributed by atoms with van der Waals surface area (Å²) in [4.78, 5) is 0. The molecule has 0 aromatic rings. The summed E-state index contributed by atoms with van der Waals surface area (Å²) in [6.07, 6.45) is 7.07. The molecule has 1 heteroatoms. The minimum absolute atomic E-state index is 0.426. The fraction of sp³-hybridized carbons (Fsp3) is 1.00. The smallest absolute Gasteiger partial charge is 0.00954 e. The van der Waals surface area contributed by atoms with E-state index in [2.05, 4.69) is 33.0 Å². The second kappa shape index (κ2) is 5.16. The van der Waals surface area contributed by atoms with Gasteiger partial charge in [-0.3, -0.25) is 0 Å². The van der Waals surface area contributed by atoms with Crippen molar-refractivity contribution in [2.45, 2.75) is 65.8 Å². The van der Waals surface area contributed by atoms with E-state index in [0.29, 0.717) is 5.41 Å². The molecular weight excluding hydrogens is 170 g/mol. The number of nitrogens with one attached hydrogen (secondary N) is 1. The van der Waals surface area contributed by atoms with Gasteiger partial charge >= 0.3 is 0 Å². The van der Waals surface area contributed by atoms with Crippen molar-refractivity contribution >= 4 is 0 Å². The summed E-state index contributed by atoms with van der Waals surface area (Å²) < 4.78 is 0. The molecule has 1 aliphatic carbocycles. The van der Waals surface area contributed by atoms with Crippen LogP contribution >= 0.6 is 0 Å². The van der Waals surface area contributed by atoms with Gasteiger partial charge in [0.25, 0.3) is 0 Å². The lowest BCUT2D eigenvalue weighted by molar-refractivity contribution is 0.231.